The van der Waals surface area contributed by atoms with Crippen LogP contribution in [0.3, 0.4) is 0 Å². The van der Waals surface area contributed by atoms with Gasteiger partial charge >= 0.3 is 12.3 Å². The number of aryl methyl sites for hydroxylation is 1. The first-order valence-electron chi connectivity index (χ1n) is 13.8. The molecule has 0 bridgehead atoms. The van der Waals surface area contributed by atoms with E-state index in [4.69, 9.17) is 16.3 Å². The first kappa shape index (κ1) is 29.7. The van der Waals surface area contributed by atoms with E-state index in [2.05, 4.69) is 40.5 Å². The van der Waals surface area contributed by atoms with Gasteiger partial charge in [0.15, 0.2) is 5.82 Å². The normalized spacial score (nSPS) is 19.4. The Morgan fingerprint density at radius 1 is 1.14 bits per heavy atom. The van der Waals surface area contributed by atoms with Gasteiger partial charge in [-0.15, -0.1) is 0 Å². The number of hydrogen-bond acceptors (Lipinski definition) is 9. The van der Waals surface area contributed by atoms with Crippen LogP contribution in [-0.4, -0.2) is 70.4 Å². The van der Waals surface area contributed by atoms with Gasteiger partial charge in [-0.1, -0.05) is 11.6 Å². The third kappa shape index (κ3) is 6.44. The van der Waals surface area contributed by atoms with Gasteiger partial charge in [-0.3, -0.25) is 19.7 Å². The number of alkyl halides is 4. The minimum atomic E-state index is -4.71. The standard InChI is InChI=1S/C27H27ClF4N10O2/c1-41-13-15(8-37-41)20-11-34-21(12-33-20)42(25(43)44-14-26(29)6-7-26)17-4-2-16(3-5-17)38-24-35-9-18(27(30,31)32)22(39-24)23-19(28)10-36-40-23/h8-13,16-17H,2-7,14H2,1H3,(H,36,40)(H,35,38,39). The van der Waals surface area contributed by atoms with Gasteiger partial charge in [0, 0.05) is 37.1 Å². The molecule has 1 amide bonds. The molecule has 232 valence electrons. The van der Waals surface area contributed by atoms with E-state index in [1.807, 2.05) is 0 Å². The van der Waals surface area contributed by atoms with Crippen molar-refractivity contribution in [3.8, 4) is 22.6 Å². The summed E-state index contributed by atoms with van der Waals surface area (Å²) >= 11 is 6.04. The summed E-state index contributed by atoms with van der Waals surface area (Å²) in [5.41, 5.74) is -1.71. The maximum Gasteiger partial charge on any atom is 0.420 e. The summed E-state index contributed by atoms with van der Waals surface area (Å²) < 4.78 is 62.3. The van der Waals surface area contributed by atoms with E-state index in [1.165, 1.54) is 23.5 Å². The number of carbonyl (C=O) groups is 1. The lowest BCUT2D eigenvalue weighted by Crippen LogP contribution is -2.45. The number of nitrogens with one attached hydrogen (secondary N) is 2. The van der Waals surface area contributed by atoms with Crippen LogP contribution in [0.25, 0.3) is 22.6 Å². The number of carbonyl (C=O) groups excluding carboxylic acids is 1. The van der Waals surface area contributed by atoms with Crippen LogP contribution in [-0.2, 0) is 18.0 Å². The van der Waals surface area contributed by atoms with Crippen molar-refractivity contribution in [3.63, 3.8) is 0 Å². The van der Waals surface area contributed by atoms with Gasteiger partial charge < -0.3 is 10.1 Å². The van der Waals surface area contributed by atoms with E-state index in [9.17, 15) is 22.4 Å². The van der Waals surface area contributed by atoms with Crippen molar-refractivity contribution in [2.75, 3.05) is 16.8 Å². The van der Waals surface area contributed by atoms with E-state index in [0.29, 0.717) is 50.4 Å². The molecule has 4 aromatic heterocycles. The van der Waals surface area contributed by atoms with Crippen LogP contribution in [0.4, 0.5) is 34.1 Å². The Bertz CT molecular complexity index is 1630. The summed E-state index contributed by atoms with van der Waals surface area (Å²) in [5.74, 6) is 0.253. The number of aromatic nitrogens is 8. The number of aromatic amines is 1. The molecular formula is C27H27ClF4N10O2. The fourth-order valence-electron chi connectivity index (χ4n) is 5.07. The van der Waals surface area contributed by atoms with Crippen LogP contribution in [0.15, 0.2) is 37.2 Å². The van der Waals surface area contributed by atoms with Gasteiger partial charge in [0.2, 0.25) is 5.95 Å². The van der Waals surface area contributed by atoms with E-state index in [0.717, 1.165) is 5.56 Å². The highest BCUT2D eigenvalue weighted by Crippen LogP contribution is 2.40. The predicted molar refractivity (Wildman–Crippen MR) is 150 cm³/mol. The van der Waals surface area contributed by atoms with E-state index >= 15 is 0 Å². The van der Waals surface area contributed by atoms with Crippen molar-refractivity contribution in [2.24, 2.45) is 7.05 Å². The van der Waals surface area contributed by atoms with E-state index < -0.39 is 29.2 Å². The van der Waals surface area contributed by atoms with E-state index in [-0.39, 0.29) is 41.2 Å². The number of H-pyrrole nitrogens is 1. The molecule has 0 spiro atoms. The molecule has 0 aliphatic heterocycles. The lowest BCUT2D eigenvalue weighted by molar-refractivity contribution is -0.137. The van der Waals surface area contributed by atoms with Crippen molar-refractivity contribution in [1.29, 1.82) is 0 Å². The molecule has 44 heavy (non-hydrogen) atoms. The fourth-order valence-corrected chi connectivity index (χ4v) is 5.25. The molecule has 2 N–H and O–H groups in total. The molecule has 2 aliphatic rings. The second kappa shape index (κ2) is 11.6. The zero-order valence-corrected chi connectivity index (χ0v) is 24.1. The average Bonchev–Trinajstić information content (AvgIpc) is 3.33. The number of ether oxygens (including phenoxy) is 1. The lowest BCUT2D eigenvalue weighted by Gasteiger charge is -2.35. The molecular weight excluding hydrogens is 608 g/mol. The van der Waals surface area contributed by atoms with Crippen LogP contribution in [0.1, 0.15) is 44.1 Å². The van der Waals surface area contributed by atoms with Crippen LogP contribution in [0, 0.1) is 0 Å². The summed E-state index contributed by atoms with van der Waals surface area (Å²) in [7, 11) is 1.78. The van der Waals surface area contributed by atoms with Gasteiger partial charge in [-0.05, 0) is 38.5 Å². The molecule has 17 heteroatoms. The zero-order chi connectivity index (χ0) is 31.1. The van der Waals surface area contributed by atoms with E-state index in [1.54, 1.807) is 24.1 Å². The molecule has 0 radical (unpaired) electrons. The van der Waals surface area contributed by atoms with Crippen LogP contribution in [0.2, 0.25) is 5.02 Å². The zero-order valence-electron chi connectivity index (χ0n) is 23.4. The summed E-state index contributed by atoms with van der Waals surface area (Å²) in [5, 5.41) is 13.4. The second-order valence-corrected chi connectivity index (χ2v) is 11.3. The molecule has 2 aliphatic carbocycles. The minimum absolute atomic E-state index is 0.00656. The second-order valence-electron chi connectivity index (χ2n) is 10.9. The molecule has 0 saturated heterocycles. The number of halogens is 5. The molecule has 4 aromatic rings. The highest BCUT2D eigenvalue weighted by molar-refractivity contribution is 6.32. The number of amides is 1. The third-order valence-corrected chi connectivity index (χ3v) is 7.93. The monoisotopic (exact) mass is 634 g/mol. The Balaban J connectivity index is 1.17. The molecule has 0 atom stereocenters. The lowest BCUT2D eigenvalue weighted by atomic mass is 9.90. The van der Waals surface area contributed by atoms with Crippen molar-refractivity contribution in [2.45, 2.75) is 62.5 Å². The number of rotatable bonds is 8. The Hall–Kier alpha value is -4.34. The highest BCUT2D eigenvalue weighted by atomic mass is 35.5. The fraction of sp³-hybridized carbons (Fsp3) is 0.444. The summed E-state index contributed by atoms with van der Waals surface area (Å²) in [6.07, 6.45) is 5.60. The smallest absolute Gasteiger partial charge is 0.420 e. The van der Waals surface area contributed by atoms with Crippen molar-refractivity contribution < 1.29 is 27.1 Å². The maximum atomic E-state index is 14.3. The predicted octanol–water partition coefficient (Wildman–Crippen LogP) is 5.60. The van der Waals surface area contributed by atoms with Crippen LogP contribution < -0.4 is 10.2 Å². The summed E-state index contributed by atoms with van der Waals surface area (Å²) in [4.78, 5) is 31.6. The number of hydrogen-bond donors (Lipinski definition) is 2. The molecule has 2 saturated carbocycles. The summed E-state index contributed by atoms with van der Waals surface area (Å²) in [6.45, 7) is -0.339. The van der Waals surface area contributed by atoms with Crippen molar-refractivity contribution >= 4 is 29.5 Å². The van der Waals surface area contributed by atoms with Gasteiger partial charge in [-0.25, -0.2) is 24.1 Å². The molecule has 4 heterocycles. The van der Waals surface area contributed by atoms with Gasteiger partial charge in [0.1, 0.15) is 29.2 Å². The van der Waals surface area contributed by atoms with Crippen molar-refractivity contribution in [3.05, 3.63) is 47.8 Å². The van der Waals surface area contributed by atoms with Gasteiger partial charge in [0.25, 0.3) is 0 Å². The quantitative estimate of drug-likeness (QED) is 0.237. The Kier molecular flexibility index (Phi) is 7.86. The summed E-state index contributed by atoms with van der Waals surface area (Å²) in [6, 6.07) is -0.549. The minimum Gasteiger partial charge on any atom is -0.446 e. The van der Waals surface area contributed by atoms with Crippen LogP contribution in [0.5, 0.6) is 0 Å². The van der Waals surface area contributed by atoms with Crippen LogP contribution >= 0.6 is 11.6 Å². The number of nitrogens with zero attached hydrogens (tertiary/aromatic N) is 8. The number of anilines is 2. The molecule has 0 unspecified atom stereocenters. The topological polar surface area (TPSA) is 140 Å². The molecule has 12 nitrogen and oxygen atoms in total. The molecule has 2 fully saturated rings. The molecule has 6 rings (SSSR count). The largest absolute Gasteiger partial charge is 0.446 e. The Labute approximate surface area is 253 Å². The maximum absolute atomic E-state index is 14.3. The SMILES string of the molecule is Cn1cc(-c2cnc(N(C(=O)OCC3(F)CC3)C3CCC(Nc4ncc(C(F)(F)F)c(-c5[nH]ncc5Cl)n4)CC3)cn2)cn1. The Morgan fingerprint density at radius 3 is 2.50 bits per heavy atom. The molecule has 0 aromatic carbocycles. The first-order chi connectivity index (χ1) is 21.0. The van der Waals surface area contributed by atoms with Gasteiger partial charge in [0.05, 0.1) is 35.5 Å². The highest BCUT2D eigenvalue weighted by Gasteiger charge is 2.45. The third-order valence-electron chi connectivity index (χ3n) is 7.65. The Morgan fingerprint density at radius 2 is 1.91 bits per heavy atom. The average molecular weight is 635 g/mol. The van der Waals surface area contributed by atoms with Gasteiger partial charge in [-0.2, -0.15) is 23.4 Å². The first-order valence-corrected chi connectivity index (χ1v) is 14.2. The van der Waals surface area contributed by atoms with Crippen molar-refractivity contribution in [1.82, 2.24) is 39.9 Å².